The summed E-state index contributed by atoms with van der Waals surface area (Å²) in [4.78, 5) is 85.2. The molecule has 2 aromatic carbocycles. The number of ether oxygens (including phenoxy) is 1. The van der Waals surface area contributed by atoms with Crippen molar-refractivity contribution in [1.82, 2.24) is 26.2 Å². The summed E-state index contributed by atoms with van der Waals surface area (Å²) in [5, 5.41) is 18.0. The molecule has 1 saturated heterocycles. The van der Waals surface area contributed by atoms with Crippen molar-refractivity contribution >= 4 is 41.6 Å². The summed E-state index contributed by atoms with van der Waals surface area (Å²) >= 11 is 0. The number of fused-ring (bicyclic) bond motifs is 3. The molecule has 1 aliphatic heterocycles. The number of carbonyl (C=O) groups is 7. The van der Waals surface area contributed by atoms with Crippen LogP contribution in [0, 0.1) is 0 Å². The van der Waals surface area contributed by atoms with Gasteiger partial charge in [0, 0.05) is 12.5 Å². The third-order valence-corrected chi connectivity index (χ3v) is 7.48. The van der Waals surface area contributed by atoms with Gasteiger partial charge in [0.15, 0.2) is 0 Å². The first kappa shape index (κ1) is 32.4. The number of aliphatic carboxylic acids is 1. The summed E-state index contributed by atoms with van der Waals surface area (Å²) in [6, 6.07) is 13.5. The third-order valence-electron chi connectivity index (χ3n) is 7.48. The topological polar surface area (TPSA) is 226 Å². The van der Waals surface area contributed by atoms with Gasteiger partial charge in [-0.1, -0.05) is 48.5 Å². The number of hydrogen-bond acceptors (Lipinski definition) is 8. The van der Waals surface area contributed by atoms with E-state index in [1.165, 1.54) is 4.90 Å². The van der Waals surface area contributed by atoms with E-state index >= 15 is 0 Å². The normalized spacial score (nSPS) is 15.6. The van der Waals surface area contributed by atoms with Gasteiger partial charge < -0.3 is 36.8 Å². The lowest BCUT2D eigenvalue weighted by atomic mass is 9.98. The summed E-state index contributed by atoms with van der Waals surface area (Å²) in [6.07, 6.45) is -0.271. The molecule has 45 heavy (non-hydrogen) atoms. The van der Waals surface area contributed by atoms with Crippen molar-refractivity contribution in [1.29, 1.82) is 0 Å². The number of benzene rings is 2. The van der Waals surface area contributed by atoms with Crippen molar-refractivity contribution in [2.45, 2.75) is 37.3 Å². The standard InChI is InChI=1S/C30H34N6O9/c31-24(37)12-22(29(42)43)35-27(40)15-33-25(38)13-32-26(39)14-34-28(41)23-10-5-11-36(23)30(44)45-16-21-19-8-3-1-6-17(19)18-7-2-4-9-20(18)21/h1-4,6-9,21-23H,5,10-16H2,(H2,31,37)(H,32,39)(H,33,38)(H,34,41)(H,35,40)(H,42,43)/t22-,23-/m0/s1. The molecular weight excluding hydrogens is 588 g/mol. The number of rotatable bonds is 13. The van der Waals surface area contributed by atoms with E-state index in [9.17, 15) is 33.6 Å². The van der Waals surface area contributed by atoms with Crippen molar-refractivity contribution in [2.75, 3.05) is 32.8 Å². The number of carboxylic acids is 1. The molecule has 1 aliphatic carbocycles. The molecule has 7 N–H and O–H groups in total. The highest BCUT2D eigenvalue weighted by atomic mass is 16.6. The number of carbonyl (C=O) groups excluding carboxylic acids is 6. The molecule has 15 nitrogen and oxygen atoms in total. The van der Waals surface area contributed by atoms with E-state index in [-0.39, 0.29) is 12.5 Å². The minimum Gasteiger partial charge on any atom is -0.480 e. The zero-order valence-corrected chi connectivity index (χ0v) is 24.2. The summed E-state index contributed by atoms with van der Waals surface area (Å²) in [5.74, 6) is -5.41. The number of amides is 6. The highest BCUT2D eigenvalue weighted by molar-refractivity contribution is 5.93. The Morgan fingerprint density at radius 1 is 0.844 bits per heavy atom. The smallest absolute Gasteiger partial charge is 0.410 e. The average Bonchev–Trinajstić information content (AvgIpc) is 3.63. The Kier molecular flexibility index (Phi) is 10.7. The van der Waals surface area contributed by atoms with Gasteiger partial charge in [0.1, 0.15) is 18.7 Å². The molecule has 2 atom stereocenters. The monoisotopic (exact) mass is 622 g/mol. The molecule has 0 aromatic heterocycles. The molecule has 238 valence electrons. The van der Waals surface area contributed by atoms with Crippen LogP contribution in [-0.4, -0.2) is 96.5 Å². The molecule has 0 unspecified atom stereocenters. The van der Waals surface area contributed by atoms with E-state index in [0.29, 0.717) is 19.4 Å². The van der Waals surface area contributed by atoms with E-state index in [0.717, 1.165) is 22.3 Å². The number of hydrogen-bond donors (Lipinski definition) is 6. The lowest BCUT2D eigenvalue weighted by Crippen LogP contribution is -2.50. The molecule has 4 rings (SSSR count). The van der Waals surface area contributed by atoms with E-state index in [4.69, 9.17) is 15.6 Å². The van der Waals surface area contributed by atoms with E-state index < -0.39 is 79.7 Å². The molecule has 0 spiro atoms. The van der Waals surface area contributed by atoms with E-state index in [1.807, 2.05) is 53.8 Å². The van der Waals surface area contributed by atoms with Gasteiger partial charge in [-0.3, -0.25) is 28.9 Å². The Bertz CT molecular complexity index is 1450. The van der Waals surface area contributed by atoms with Crippen LogP contribution in [0.4, 0.5) is 4.79 Å². The van der Waals surface area contributed by atoms with Crippen molar-refractivity contribution in [3.8, 4) is 11.1 Å². The van der Waals surface area contributed by atoms with Gasteiger partial charge >= 0.3 is 12.1 Å². The van der Waals surface area contributed by atoms with Gasteiger partial charge in [0.25, 0.3) is 0 Å². The second kappa shape index (κ2) is 14.8. The lowest BCUT2D eigenvalue weighted by Gasteiger charge is -2.24. The van der Waals surface area contributed by atoms with Crippen LogP contribution in [0.2, 0.25) is 0 Å². The molecule has 2 aliphatic rings. The van der Waals surface area contributed by atoms with Crippen molar-refractivity contribution in [2.24, 2.45) is 5.73 Å². The van der Waals surface area contributed by atoms with Gasteiger partial charge in [-0.15, -0.1) is 0 Å². The Labute approximate surface area is 257 Å². The highest BCUT2D eigenvalue weighted by Crippen LogP contribution is 2.44. The fourth-order valence-corrected chi connectivity index (χ4v) is 5.35. The van der Waals surface area contributed by atoms with Gasteiger partial charge in [0.05, 0.1) is 26.1 Å². The first-order valence-corrected chi connectivity index (χ1v) is 14.3. The number of primary amides is 1. The number of nitrogens with two attached hydrogens (primary N) is 1. The average molecular weight is 623 g/mol. The Morgan fingerprint density at radius 2 is 1.40 bits per heavy atom. The van der Waals surface area contributed by atoms with E-state index in [2.05, 4.69) is 16.0 Å². The van der Waals surface area contributed by atoms with Gasteiger partial charge in [-0.05, 0) is 35.1 Å². The zero-order chi connectivity index (χ0) is 32.5. The minimum absolute atomic E-state index is 0.108. The van der Waals surface area contributed by atoms with Crippen LogP contribution in [0.15, 0.2) is 48.5 Å². The molecule has 6 amide bonds. The number of nitrogens with one attached hydrogen (secondary N) is 4. The zero-order valence-electron chi connectivity index (χ0n) is 24.2. The quantitative estimate of drug-likeness (QED) is 0.164. The molecular formula is C30H34N6O9. The predicted octanol–water partition coefficient (Wildman–Crippen LogP) is -0.807. The Hall–Kier alpha value is -5.47. The second-order valence-corrected chi connectivity index (χ2v) is 10.6. The van der Waals surface area contributed by atoms with Crippen molar-refractivity contribution in [3.05, 3.63) is 59.7 Å². The van der Waals surface area contributed by atoms with Crippen LogP contribution in [0.3, 0.4) is 0 Å². The third kappa shape index (κ3) is 8.34. The second-order valence-electron chi connectivity index (χ2n) is 10.6. The summed E-state index contributed by atoms with van der Waals surface area (Å²) in [7, 11) is 0. The van der Waals surface area contributed by atoms with Gasteiger partial charge in [0.2, 0.25) is 29.5 Å². The first-order valence-electron chi connectivity index (χ1n) is 14.3. The molecule has 0 radical (unpaired) electrons. The van der Waals surface area contributed by atoms with Crippen LogP contribution in [-0.2, 0) is 33.5 Å². The maximum Gasteiger partial charge on any atom is 0.410 e. The molecule has 15 heteroatoms. The molecule has 0 bridgehead atoms. The number of likely N-dealkylation sites (tertiary alicyclic amines) is 1. The molecule has 0 saturated carbocycles. The lowest BCUT2D eigenvalue weighted by molar-refractivity contribution is -0.143. The summed E-state index contributed by atoms with van der Waals surface area (Å²) in [5.41, 5.74) is 9.27. The van der Waals surface area contributed by atoms with Crippen molar-refractivity contribution in [3.63, 3.8) is 0 Å². The SMILES string of the molecule is NC(=O)C[C@H](NC(=O)CNC(=O)CNC(=O)CNC(=O)[C@@H]1CCCN1C(=O)OCC1c2ccccc2-c2ccccc21)C(=O)O. The van der Waals surface area contributed by atoms with E-state index in [1.54, 1.807) is 0 Å². The van der Waals surface area contributed by atoms with Crippen LogP contribution >= 0.6 is 0 Å². The number of nitrogens with zero attached hydrogens (tertiary/aromatic N) is 1. The van der Waals surface area contributed by atoms with Crippen LogP contribution in [0.25, 0.3) is 11.1 Å². The molecule has 1 fully saturated rings. The maximum absolute atomic E-state index is 13.0. The summed E-state index contributed by atoms with van der Waals surface area (Å²) < 4.78 is 5.69. The molecule has 1 heterocycles. The Balaban J connectivity index is 1.18. The van der Waals surface area contributed by atoms with Gasteiger partial charge in [-0.2, -0.15) is 0 Å². The Morgan fingerprint density at radius 3 is 1.98 bits per heavy atom. The minimum atomic E-state index is -1.55. The highest BCUT2D eigenvalue weighted by Gasteiger charge is 2.36. The number of carboxylic acid groups (broad SMARTS) is 1. The maximum atomic E-state index is 13.0. The predicted molar refractivity (Wildman–Crippen MR) is 157 cm³/mol. The van der Waals surface area contributed by atoms with Crippen molar-refractivity contribution < 1.29 is 43.4 Å². The van der Waals surface area contributed by atoms with Crippen LogP contribution < -0.4 is 27.0 Å². The largest absolute Gasteiger partial charge is 0.480 e. The molecule has 2 aromatic rings. The summed E-state index contributed by atoms with van der Waals surface area (Å²) in [6.45, 7) is -1.17. The first-order chi connectivity index (χ1) is 21.5. The van der Waals surface area contributed by atoms with Crippen LogP contribution in [0.1, 0.15) is 36.3 Å². The fraction of sp³-hybridized carbons (Fsp3) is 0.367. The fourth-order valence-electron chi connectivity index (χ4n) is 5.35. The van der Waals surface area contributed by atoms with Gasteiger partial charge in [-0.25, -0.2) is 9.59 Å². The van der Waals surface area contributed by atoms with Crippen LogP contribution in [0.5, 0.6) is 0 Å².